The molecule has 0 aromatic heterocycles. The number of nitrogens with zero attached hydrogens (tertiary/aromatic N) is 1. The van der Waals surface area contributed by atoms with Crippen LogP contribution in [0, 0.1) is 11.7 Å². The van der Waals surface area contributed by atoms with Gasteiger partial charge in [-0.15, -0.1) is 0 Å². The molecule has 1 aromatic carbocycles. The lowest BCUT2D eigenvalue weighted by atomic mass is 9.76. The second kappa shape index (κ2) is 7.39. The van der Waals surface area contributed by atoms with E-state index in [1.165, 1.54) is 37.8 Å². The van der Waals surface area contributed by atoms with Crippen molar-refractivity contribution in [2.75, 3.05) is 6.54 Å². The van der Waals surface area contributed by atoms with Gasteiger partial charge < -0.3 is 10.0 Å². The molecule has 0 aliphatic heterocycles. The van der Waals surface area contributed by atoms with E-state index in [9.17, 15) is 14.4 Å². The second-order valence-electron chi connectivity index (χ2n) is 6.48. The lowest BCUT2D eigenvalue weighted by Crippen LogP contribution is -2.40. The molecule has 21 heavy (non-hydrogen) atoms. The fourth-order valence-corrected chi connectivity index (χ4v) is 3.25. The monoisotopic (exact) mass is 293 g/mol. The highest BCUT2D eigenvalue weighted by Crippen LogP contribution is 2.25. The smallest absolute Gasteiger partial charge is 0.423 e. The number of hydrogen-bond donors (Lipinski definition) is 2. The van der Waals surface area contributed by atoms with Crippen LogP contribution in [-0.2, 0) is 6.54 Å². The first kappa shape index (κ1) is 16.5. The molecule has 0 spiro atoms. The maximum absolute atomic E-state index is 13.3. The molecular formula is C16H25BFNO2. The van der Waals surface area contributed by atoms with Crippen molar-refractivity contribution in [1.82, 2.24) is 4.90 Å². The predicted molar refractivity (Wildman–Crippen MR) is 83.7 cm³/mol. The highest BCUT2D eigenvalue weighted by molar-refractivity contribution is 6.59. The van der Waals surface area contributed by atoms with Gasteiger partial charge in [0.05, 0.1) is 0 Å². The van der Waals surface area contributed by atoms with Crippen LogP contribution >= 0.6 is 0 Å². The summed E-state index contributed by atoms with van der Waals surface area (Å²) in [6, 6.07) is 4.85. The molecule has 0 atom stereocenters. The zero-order chi connectivity index (χ0) is 15.4. The molecular weight excluding hydrogens is 268 g/mol. The van der Waals surface area contributed by atoms with Crippen molar-refractivity contribution < 1.29 is 14.4 Å². The molecule has 0 bridgehead atoms. The van der Waals surface area contributed by atoms with Crippen LogP contribution in [0.1, 0.15) is 45.1 Å². The van der Waals surface area contributed by atoms with E-state index in [4.69, 9.17) is 0 Å². The summed E-state index contributed by atoms with van der Waals surface area (Å²) in [5.74, 6) is 0.117. The number of hydrogen-bond acceptors (Lipinski definition) is 3. The van der Waals surface area contributed by atoms with Crippen LogP contribution in [0.4, 0.5) is 4.39 Å². The molecule has 2 rings (SSSR count). The minimum absolute atomic E-state index is 0.279. The van der Waals surface area contributed by atoms with Gasteiger partial charge in [-0.3, -0.25) is 4.90 Å². The quantitative estimate of drug-likeness (QED) is 0.787. The van der Waals surface area contributed by atoms with Gasteiger partial charge in [0.15, 0.2) is 0 Å². The van der Waals surface area contributed by atoms with Gasteiger partial charge in [-0.05, 0) is 41.9 Å². The first-order valence-corrected chi connectivity index (χ1v) is 7.86. The number of benzene rings is 1. The van der Waals surface area contributed by atoms with Crippen LogP contribution in [-0.4, -0.2) is 34.7 Å². The van der Waals surface area contributed by atoms with E-state index in [-0.39, 0.29) is 5.46 Å². The van der Waals surface area contributed by atoms with Crippen molar-refractivity contribution in [3.8, 4) is 0 Å². The van der Waals surface area contributed by atoms with Crippen LogP contribution in [0.5, 0.6) is 0 Å². The van der Waals surface area contributed by atoms with E-state index in [0.29, 0.717) is 18.5 Å². The number of rotatable bonds is 6. The topological polar surface area (TPSA) is 43.7 Å². The molecule has 5 heteroatoms. The average Bonchev–Trinajstić information content (AvgIpc) is 2.93. The van der Waals surface area contributed by atoms with E-state index in [1.807, 2.05) is 0 Å². The Bertz CT molecular complexity index is 462. The Hall–Kier alpha value is -0.905. The third-order valence-corrected chi connectivity index (χ3v) is 4.20. The summed E-state index contributed by atoms with van der Waals surface area (Å²) < 4.78 is 13.3. The Morgan fingerprint density at radius 2 is 1.95 bits per heavy atom. The van der Waals surface area contributed by atoms with Crippen LogP contribution in [0.25, 0.3) is 0 Å². The molecule has 1 aliphatic carbocycles. The van der Waals surface area contributed by atoms with Crippen molar-refractivity contribution in [1.29, 1.82) is 0 Å². The molecule has 2 N–H and O–H groups in total. The molecule has 0 radical (unpaired) electrons. The van der Waals surface area contributed by atoms with Crippen LogP contribution in [0.2, 0.25) is 0 Å². The first-order chi connectivity index (χ1) is 9.97. The zero-order valence-corrected chi connectivity index (χ0v) is 12.9. The zero-order valence-electron chi connectivity index (χ0n) is 12.9. The SMILES string of the molecule is CC(C)CN(Cc1ccc(F)cc1B(O)O)C1CCCC1. The molecule has 0 amide bonds. The first-order valence-electron chi connectivity index (χ1n) is 7.86. The summed E-state index contributed by atoms with van der Waals surface area (Å²) in [7, 11) is -1.62. The summed E-state index contributed by atoms with van der Waals surface area (Å²) >= 11 is 0. The highest BCUT2D eigenvalue weighted by Gasteiger charge is 2.25. The molecule has 1 saturated carbocycles. The van der Waals surface area contributed by atoms with Gasteiger partial charge in [-0.2, -0.15) is 0 Å². The Morgan fingerprint density at radius 3 is 2.52 bits per heavy atom. The van der Waals surface area contributed by atoms with Crippen LogP contribution < -0.4 is 5.46 Å². The van der Waals surface area contributed by atoms with Crippen LogP contribution in [0.15, 0.2) is 18.2 Å². The molecule has 1 fully saturated rings. The molecule has 3 nitrogen and oxygen atoms in total. The normalized spacial score (nSPS) is 16.1. The predicted octanol–water partition coefficient (Wildman–Crippen LogP) is 1.91. The Balaban J connectivity index is 2.19. The van der Waals surface area contributed by atoms with Crippen molar-refractivity contribution in [2.24, 2.45) is 5.92 Å². The summed E-state index contributed by atoms with van der Waals surface area (Å²) in [5.41, 5.74) is 1.08. The maximum Gasteiger partial charge on any atom is 0.488 e. The van der Waals surface area contributed by atoms with E-state index in [1.54, 1.807) is 6.07 Å². The van der Waals surface area contributed by atoms with Crippen LogP contribution in [0.3, 0.4) is 0 Å². The fraction of sp³-hybridized carbons (Fsp3) is 0.625. The maximum atomic E-state index is 13.3. The molecule has 116 valence electrons. The summed E-state index contributed by atoms with van der Waals surface area (Å²) in [6.07, 6.45) is 4.92. The third-order valence-electron chi connectivity index (χ3n) is 4.20. The minimum Gasteiger partial charge on any atom is -0.423 e. The van der Waals surface area contributed by atoms with Gasteiger partial charge in [-0.1, -0.05) is 32.8 Å². The van der Waals surface area contributed by atoms with Gasteiger partial charge in [0.1, 0.15) is 5.82 Å². The standard InChI is InChI=1S/C16H25BFNO2/c1-12(2)10-19(15-5-3-4-6-15)11-13-7-8-14(18)9-16(13)17(20)21/h7-9,12,15,20-21H,3-6,10-11H2,1-2H3. The third kappa shape index (κ3) is 4.53. The number of halogens is 1. The van der Waals surface area contributed by atoms with Crippen molar-refractivity contribution in [2.45, 2.75) is 52.1 Å². The summed E-state index contributed by atoms with van der Waals surface area (Å²) in [4.78, 5) is 2.41. The summed E-state index contributed by atoms with van der Waals surface area (Å²) in [6.45, 7) is 6.00. The molecule has 1 aliphatic rings. The van der Waals surface area contributed by atoms with E-state index in [2.05, 4.69) is 18.7 Å². The lowest BCUT2D eigenvalue weighted by Gasteiger charge is -2.31. The van der Waals surface area contributed by atoms with E-state index < -0.39 is 12.9 Å². The van der Waals surface area contributed by atoms with E-state index >= 15 is 0 Å². The Labute approximate surface area is 126 Å². The molecule has 0 unspecified atom stereocenters. The lowest BCUT2D eigenvalue weighted by molar-refractivity contribution is 0.169. The average molecular weight is 293 g/mol. The minimum atomic E-state index is -1.62. The molecule has 0 saturated heterocycles. The molecule has 1 aromatic rings. The Kier molecular flexibility index (Phi) is 5.79. The fourth-order valence-electron chi connectivity index (χ4n) is 3.25. The van der Waals surface area contributed by atoms with Crippen molar-refractivity contribution in [3.63, 3.8) is 0 Å². The van der Waals surface area contributed by atoms with Crippen molar-refractivity contribution >= 4 is 12.6 Å². The van der Waals surface area contributed by atoms with Gasteiger partial charge in [0, 0.05) is 19.1 Å². The largest absolute Gasteiger partial charge is 0.488 e. The highest BCUT2D eigenvalue weighted by atomic mass is 19.1. The van der Waals surface area contributed by atoms with Gasteiger partial charge in [-0.25, -0.2) is 4.39 Å². The Morgan fingerprint density at radius 1 is 1.29 bits per heavy atom. The van der Waals surface area contributed by atoms with Crippen molar-refractivity contribution in [3.05, 3.63) is 29.6 Å². The second-order valence-corrected chi connectivity index (χ2v) is 6.48. The molecule has 0 heterocycles. The van der Waals surface area contributed by atoms with Gasteiger partial charge >= 0.3 is 7.12 Å². The summed E-state index contributed by atoms with van der Waals surface area (Å²) in [5, 5.41) is 18.9. The van der Waals surface area contributed by atoms with Gasteiger partial charge in [0.25, 0.3) is 0 Å². The van der Waals surface area contributed by atoms with Gasteiger partial charge in [0.2, 0.25) is 0 Å². The van der Waals surface area contributed by atoms with E-state index in [0.717, 1.165) is 12.1 Å².